The first-order chi connectivity index (χ1) is 13.0. The Morgan fingerprint density at radius 2 is 1.78 bits per heavy atom. The summed E-state index contributed by atoms with van der Waals surface area (Å²) in [5.74, 6) is -1.01. The van der Waals surface area contributed by atoms with Crippen LogP contribution in [0.1, 0.15) is 6.92 Å². The average Bonchev–Trinajstić information content (AvgIpc) is 2.68. The number of hydrogen-bond acceptors (Lipinski definition) is 4. The van der Waals surface area contributed by atoms with E-state index in [0.29, 0.717) is 24.6 Å². The number of hydrogen-bond donors (Lipinski definition) is 1. The number of ether oxygens (including phenoxy) is 1. The molecule has 7 heteroatoms. The number of benzene rings is 2. The maximum atomic E-state index is 13.1. The maximum absolute atomic E-state index is 13.1. The molecule has 6 nitrogen and oxygen atoms in total. The van der Waals surface area contributed by atoms with Crippen molar-refractivity contribution in [3.8, 4) is 0 Å². The van der Waals surface area contributed by atoms with Crippen LogP contribution < -0.4 is 15.1 Å². The number of para-hydroxylation sites is 2. The lowest BCUT2D eigenvalue weighted by atomic mass is 10.2. The zero-order valence-electron chi connectivity index (χ0n) is 15.2. The molecule has 0 radical (unpaired) electrons. The van der Waals surface area contributed by atoms with Crippen molar-refractivity contribution in [2.24, 2.45) is 0 Å². The molecule has 1 fully saturated rings. The lowest BCUT2D eigenvalue weighted by Gasteiger charge is -2.30. The highest BCUT2D eigenvalue weighted by molar-refractivity contribution is 6.03. The average molecular weight is 371 g/mol. The third kappa shape index (κ3) is 4.83. The Bertz CT molecular complexity index is 804. The van der Waals surface area contributed by atoms with E-state index in [0.717, 1.165) is 18.8 Å². The van der Waals surface area contributed by atoms with Crippen LogP contribution in [0.4, 0.5) is 21.5 Å². The van der Waals surface area contributed by atoms with E-state index >= 15 is 0 Å². The normalized spacial score (nSPS) is 13.9. The van der Waals surface area contributed by atoms with Crippen molar-refractivity contribution in [1.29, 1.82) is 0 Å². The third-order valence-electron chi connectivity index (χ3n) is 4.35. The van der Waals surface area contributed by atoms with E-state index in [1.165, 1.54) is 36.1 Å². The van der Waals surface area contributed by atoms with Gasteiger partial charge in [0.2, 0.25) is 11.8 Å². The number of amides is 2. The molecule has 0 atom stereocenters. The highest BCUT2D eigenvalue weighted by Gasteiger charge is 2.19. The van der Waals surface area contributed by atoms with Gasteiger partial charge in [0.15, 0.2) is 0 Å². The van der Waals surface area contributed by atoms with Gasteiger partial charge >= 0.3 is 0 Å². The number of anilines is 3. The second kappa shape index (κ2) is 8.64. The molecule has 2 amide bonds. The van der Waals surface area contributed by atoms with E-state index in [1.807, 2.05) is 24.3 Å². The summed E-state index contributed by atoms with van der Waals surface area (Å²) in [5, 5.41) is 2.88. The molecule has 0 saturated carbocycles. The van der Waals surface area contributed by atoms with Gasteiger partial charge in [0.25, 0.3) is 0 Å². The number of halogens is 1. The molecule has 142 valence electrons. The predicted octanol–water partition coefficient (Wildman–Crippen LogP) is 2.65. The minimum Gasteiger partial charge on any atom is -0.378 e. The van der Waals surface area contributed by atoms with Crippen molar-refractivity contribution < 1.29 is 18.7 Å². The van der Waals surface area contributed by atoms with Crippen LogP contribution in [0, 0.1) is 5.82 Å². The first-order valence-corrected chi connectivity index (χ1v) is 8.80. The summed E-state index contributed by atoms with van der Waals surface area (Å²) in [6.45, 7) is 4.01. The van der Waals surface area contributed by atoms with Crippen LogP contribution in [0.25, 0.3) is 0 Å². The Morgan fingerprint density at radius 1 is 1.11 bits per heavy atom. The van der Waals surface area contributed by atoms with E-state index in [4.69, 9.17) is 4.74 Å². The second-order valence-electron chi connectivity index (χ2n) is 6.25. The van der Waals surface area contributed by atoms with Crippen molar-refractivity contribution in [3.63, 3.8) is 0 Å². The molecule has 1 aliphatic rings. The lowest BCUT2D eigenvalue weighted by Crippen LogP contribution is -2.38. The number of nitrogens with one attached hydrogen (secondary N) is 1. The van der Waals surface area contributed by atoms with E-state index in [2.05, 4.69) is 10.2 Å². The minimum atomic E-state index is -0.397. The molecule has 3 rings (SSSR count). The highest BCUT2D eigenvalue weighted by Crippen LogP contribution is 2.26. The van der Waals surface area contributed by atoms with Gasteiger partial charge in [0.05, 0.1) is 24.6 Å². The SMILES string of the molecule is CC(=O)N(CC(=O)Nc1ccccc1N1CCOCC1)c1ccc(F)cc1. The highest BCUT2D eigenvalue weighted by atomic mass is 19.1. The van der Waals surface area contributed by atoms with Gasteiger partial charge in [-0.3, -0.25) is 9.59 Å². The Hall–Kier alpha value is -2.93. The van der Waals surface area contributed by atoms with Crippen LogP contribution >= 0.6 is 0 Å². The summed E-state index contributed by atoms with van der Waals surface area (Å²) in [5.41, 5.74) is 2.08. The standard InChI is InChI=1S/C20H22FN3O3/c1-15(25)24(17-8-6-16(21)7-9-17)14-20(26)22-18-4-2-3-5-19(18)23-10-12-27-13-11-23/h2-9H,10-14H2,1H3,(H,22,26). The summed E-state index contributed by atoms with van der Waals surface area (Å²) in [7, 11) is 0. The summed E-state index contributed by atoms with van der Waals surface area (Å²) in [6.07, 6.45) is 0. The number of carbonyl (C=O) groups is 2. The van der Waals surface area contributed by atoms with E-state index < -0.39 is 5.82 Å². The summed E-state index contributed by atoms with van der Waals surface area (Å²) in [6, 6.07) is 13.0. The van der Waals surface area contributed by atoms with Crippen molar-refractivity contribution in [1.82, 2.24) is 0 Å². The number of morpholine rings is 1. The van der Waals surface area contributed by atoms with Crippen LogP contribution in [0.3, 0.4) is 0 Å². The molecule has 2 aromatic carbocycles. The van der Waals surface area contributed by atoms with Crippen molar-refractivity contribution in [3.05, 3.63) is 54.3 Å². The van der Waals surface area contributed by atoms with Crippen LogP contribution in [-0.2, 0) is 14.3 Å². The fourth-order valence-corrected chi connectivity index (χ4v) is 3.00. The number of nitrogens with zero attached hydrogens (tertiary/aromatic N) is 2. The molecule has 27 heavy (non-hydrogen) atoms. The molecule has 1 aliphatic heterocycles. The molecule has 0 spiro atoms. The quantitative estimate of drug-likeness (QED) is 0.878. The monoisotopic (exact) mass is 371 g/mol. The van der Waals surface area contributed by atoms with Crippen LogP contribution in [0.15, 0.2) is 48.5 Å². The van der Waals surface area contributed by atoms with Gasteiger partial charge in [0.1, 0.15) is 12.4 Å². The first-order valence-electron chi connectivity index (χ1n) is 8.80. The van der Waals surface area contributed by atoms with Gasteiger partial charge in [-0.1, -0.05) is 12.1 Å². The Kier molecular flexibility index (Phi) is 6.03. The molecule has 0 bridgehead atoms. The molecule has 1 N–H and O–H groups in total. The molecular formula is C20H22FN3O3. The third-order valence-corrected chi connectivity index (χ3v) is 4.35. The van der Waals surface area contributed by atoms with Gasteiger partial charge in [-0.25, -0.2) is 4.39 Å². The van der Waals surface area contributed by atoms with Crippen LogP contribution in [-0.4, -0.2) is 44.7 Å². The molecule has 1 saturated heterocycles. The van der Waals surface area contributed by atoms with E-state index in [9.17, 15) is 14.0 Å². The zero-order chi connectivity index (χ0) is 19.2. The second-order valence-corrected chi connectivity index (χ2v) is 6.25. The fraction of sp³-hybridized carbons (Fsp3) is 0.300. The minimum absolute atomic E-state index is 0.154. The lowest BCUT2D eigenvalue weighted by molar-refractivity contribution is -0.120. The summed E-state index contributed by atoms with van der Waals surface area (Å²) < 4.78 is 18.5. The van der Waals surface area contributed by atoms with E-state index in [1.54, 1.807) is 0 Å². The topological polar surface area (TPSA) is 61.9 Å². The molecule has 2 aromatic rings. The Labute approximate surface area is 157 Å². The number of carbonyl (C=O) groups excluding carboxylic acids is 2. The smallest absolute Gasteiger partial charge is 0.244 e. The van der Waals surface area contributed by atoms with Crippen molar-refractivity contribution in [2.45, 2.75) is 6.92 Å². The summed E-state index contributed by atoms with van der Waals surface area (Å²) >= 11 is 0. The molecule has 0 aromatic heterocycles. The largest absolute Gasteiger partial charge is 0.378 e. The first kappa shape index (κ1) is 18.8. The number of rotatable bonds is 5. The van der Waals surface area contributed by atoms with Gasteiger partial charge in [-0.15, -0.1) is 0 Å². The van der Waals surface area contributed by atoms with Crippen LogP contribution in [0.2, 0.25) is 0 Å². The van der Waals surface area contributed by atoms with Gasteiger partial charge in [0, 0.05) is 25.7 Å². The Balaban J connectivity index is 1.73. The van der Waals surface area contributed by atoms with Crippen molar-refractivity contribution >= 4 is 28.9 Å². The molecule has 0 aliphatic carbocycles. The zero-order valence-corrected chi connectivity index (χ0v) is 15.2. The van der Waals surface area contributed by atoms with E-state index in [-0.39, 0.29) is 18.4 Å². The molecule has 1 heterocycles. The predicted molar refractivity (Wildman–Crippen MR) is 103 cm³/mol. The van der Waals surface area contributed by atoms with Crippen molar-refractivity contribution in [2.75, 3.05) is 48.0 Å². The van der Waals surface area contributed by atoms with Gasteiger partial charge in [-0.05, 0) is 36.4 Å². The van der Waals surface area contributed by atoms with Crippen LogP contribution in [0.5, 0.6) is 0 Å². The molecule has 0 unspecified atom stereocenters. The fourth-order valence-electron chi connectivity index (χ4n) is 3.00. The molecular weight excluding hydrogens is 349 g/mol. The van der Waals surface area contributed by atoms with Gasteiger partial charge < -0.3 is 19.9 Å². The maximum Gasteiger partial charge on any atom is 0.244 e. The van der Waals surface area contributed by atoms with Gasteiger partial charge in [-0.2, -0.15) is 0 Å². The Morgan fingerprint density at radius 3 is 2.44 bits per heavy atom. The summed E-state index contributed by atoms with van der Waals surface area (Å²) in [4.78, 5) is 28.0.